The second-order valence-electron chi connectivity index (χ2n) is 10.3. The zero-order valence-corrected chi connectivity index (χ0v) is 20.7. The molecule has 176 valence electrons. The molecule has 0 saturated carbocycles. The third-order valence-corrected chi connectivity index (χ3v) is 7.02. The summed E-state index contributed by atoms with van der Waals surface area (Å²) in [7, 11) is 0. The van der Waals surface area contributed by atoms with Crippen molar-refractivity contribution in [2.75, 3.05) is 13.2 Å². The molecule has 1 aromatic carbocycles. The molecule has 0 radical (unpaired) electrons. The molecule has 2 aliphatic heterocycles. The van der Waals surface area contributed by atoms with Crippen LogP contribution in [0.5, 0.6) is 0 Å². The standard InChI is InChI=1S/C26H33ClN4O2/c1-25(2,3)21-9-8-17(16-29-21)14-18-6-5-7-20(23(18)27)26(4)15-22(32)31(24(28)30-26)19-10-12-33-13-11-19/h5-9,16,19H,10-15H2,1-4H3,(H2,28,30)/t26-/m0/s1. The molecule has 7 heteroatoms. The number of aromatic nitrogens is 1. The predicted molar refractivity (Wildman–Crippen MR) is 131 cm³/mol. The van der Waals surface area contributed by atoms with Gasteiger partial charge in [-0.3, -0.25) is 14.7 Å². The van der Waals surface area contributed by atoms with Crippen molar-refractivity contribution in [3.63, 3.8) is 0 Å². The van der Waals surface area contributed by atoms with Gasteiger partial charge in [0.15, 0.2) is 5.96 Å². The Morgan fingerprint density at radius 1 is 1.21 bits per heavy atom. The third-order valence-electron chi connectivity index (χ3n) is 6.57. The first-order valence-electron chi connectivity index (χ1n) is 11.6. The molecule has 2 aromatic rings. The number of nitrogens with two attached hydrogens (primary N) is 1. The maximum atomic E-state index is 13.2. The first-order chi connectivity index (χ1) is 15.6. The number of benzene rings is 1. The van der Waals surface area contributed by atoms with Crippen molar-refractivity contribution in [1.29, 1.82) is 0 Å². The minimum Gasteiger partial charge on any atom is -0.381 e. The van der Waals surface area contributed by atoms with Crippen LogP contribution < -0.4 is 5.73 Å². The maximum absolute atomic E-state index is 13.2. The Bertz CT molecular complexity index is 1050. The van der Waals surface area contributed by atoms with Crippen LogP contribution in [0, 0.1) is 0 Å². The number of rotatable bonds is 4. The average Bonchev–Trinajstić information content (AvgIpc) is 2.75. The number of carbonyl (C=O) groups is 1. The van der Waals surface area contributed by atoms with Crippen LogP contribution in [0.1, 0.15) is 69.3 Å². The lowest BCUT2D eigenvalue weighted by Crippen LogP contribution is -2.55. The summed E-state index contributed by atoms with van der Waals surface area (Å²) in [5.74, 6) is 0.254. The fourth-order valence-corrected chi connectivity index (χ4v) is 5.06. The van der Waals surface area contributed by atoms with Crippen LogP contribution in [-0.4, -0.2) is 41.0 Å². The summed E-state index contributed by atoms with van der Waals surface area (Å²) in [5, 5.41) is 0.628. The molecule has 1 fully saturated rings. The molecule has 3 heterocycles. The SMILES string of the molecule is CC(C)(C)c1ccc(Cc2cccc([C@]3(C)CC(=O)N(C4CCOCC4)C(N)=N3)c2Cl)cn1. The third kappa shape index (κ3) is 4.92. The van der Waals surface area contributed by atoms with E-state index in [1.165, 1.54) is 0 Å². The topological polar surface area (TPSA) is 80.8 Å². The molecule has 6 nitrogen and oxygen atoms in total. The number of amides is 1. The lowest BCUT2D eigenvalue weighted by molar-refractivity contribution is -0.132. The Morgan fingerprint density at radius 3 is 2.55 bits per heavy atom. The molecule has 1 amide bonds. The molecule has 1 atom stereocenters. The zero-order valence-electron chi connectivity index (χ0n) is 19.9. The smallest absolute Gasteiger partial charge is 0.232 e. The summed E-state index contributed by atoms with van der Waals surface area (Å²) < 4.78 is 5.43. The van der Waals surface area contributed by atoms with E-state index in [0.29, 0.717) is 24.7 Å². The number of hydrogen-bond acceptors (Lipinski definition) is 5. The summed E-state index contributed by atoms with van der Waals surface area (Å²) in [6.07, 6.45) is 4.35. The van der Waals surface area contributed by atoms with Crippen molar-refractivity contribution < 1.29 is 9.53 Å². The number of guanidine groups is 1. The number of hydrogen-bond donors (Lipinski definition) is 1. The van der Waals surface area contributed by atoms with Crippen LogP contribution >= 0.6 is 11.6 Å². The quantitative estimate of drug-likeness (QED) is 0.712. The highest BCUT2D eigenvalue weighted by Gasteiger charge is 2.41. The normalized spacial score (nSPS) is 22.4. The Morgan fingerprint density at radius 2 is 1.94 bits per heavy atom. The number of halogens is 1. The minimum atomic E-state index is -0.801. The van der Waals surface area contributed by atoms with Crippen LogP contribution in [0.2, 0.25) is 5.02 Å². The van der Waals surface area contributed by atoms with E-state index in [1.807, 2.05) is 31.3 Å². The van der Waals surface area contributed by atoms with Crippen molar-refractivity contribution >= 4 is 23.5 Å². The van der Waals surface area contributed by atoms with Crippen LogP contribution in [0.25, 0.3) is 0 Å². The van der Waals surface area contributed by atoms with E-state index in [1.54, 1.807) is 4.90 Å². The number of nitrogens with zero attached hydrogens (tertiary/aromatic N) is 3. The summed E-state index contributed by atoms with van der Waals surface area (Å²) in [4.78, 5) is 24.3. The van der Waals surface area contributed by atoms with E-state index < -0.39 is 5.54 Å². The summed E-state index contributed by atoms with van der Waals surface area (Å²) in [6.45, 7) is 9.66. The van der Waals surface area contributed by atoms with Gasteiger partial charge < -0.3 is 10.5 Å². The highest BCUT2D eigenvalue weighted by Crippen LogP contribution is 2.40. The molecule has 0 unspecified atom stereocenters. The summed E-state index contributed by atoms with van der Waals surface area (Å²) in [5.41, 5.74) is 9.49. The highest BCUT2D eigenvalue weighted by atomic mass is 35.5. The van der Waals surface area contributed by atoms with Gasteiger partial charge >= 0.3 is 0 Å². The van der Waals surface area contributed by atoms with Crippen LogP contribution in [0.4, 0.5) is 0 Å². The molecule has 0 bridgehead atoms. The second-order valence-corrected chi connectivity index (χ2v) is 10.7. The van der Waals surface area contributed by atoms with Gasteiger partial charge in [0.05, 0.1) is 12.0 Å². The Balaban J connectivity index is 1.60. The van der Waals surface area contributed by atoms with Gasteiger partial charge in [-0.1, -0.05) is 56.6 Å². The monoisotopic (exact) mass is 468 g/mol. The molecule has 1 aromatic heterocycles. The largest absolute Gasteiger partial charge is 0.381 e. The minimum absolute atomic E-state index is 0.00860. The van der Waals surface area contributed by atoms with E-state index in [-0.39, 0.29) is 29.7 Å². The van der Waals surface area contributed by atoms with E-state index in [4.69, 9.17) is 27.1 Å². The highest BCUT2D eigenvalue weighted by molar-refractivity contribution is 6.32. The number of carbonyl (C=O) groups excluding carboxylic acids is 1. The van der Waals surface area contributed by atoms with Crippen molar-refractivity contribution in [3.8, 4) is 0 Å². The van der Waals surface area contributed by atoms with Crippen molar-refractivity contribution in [2.45, 2.75) is 70.4 Å². The lowest BCUT2D eigenvalue weighted by atomic mass is 9.85. The summed E-state index contributed by atoms with van der Waals surface area (Å²) in [6, 6.07) is 10.2. The Hall–Kier alpha value is -2.44. The van der Waals surface area contributed by atoms with E-state index >= 15 is 0 Å². The van der Waals surface area contributed by atoms with E-state index in [0.717, 1.165) is 35.2 Å². The van der Waals surface area contributed by atoms with Gasteiger partial charge in [0.1, 0.15) is 0 Å². The van der Waals surface area contributed by atoms with Crippen LogP contribution in [0.3, 0.4) is 0 Å². The maximum Gasteiger partial charge on any atom is 0.232 e. The predicted octanol–water partition coefficient (Wildman–Crippen LogP) is 4.56. The van der Waals surface area contributed by atoms with Crippen LogP contribution in [0.15, 0.2) is 41.5 Å². The van der Waals surface area contributed by atoms with E-state index in [9.17, 15) is 4.79 Å². The zero-order chi connectivity index (χ0) is 23.8. The molecule has 2 N–H and O–H groups in total. The fourth-order valence-electron chi connectivity index (χ4n) is 4.67. The second kappa shape index (κ2) is 9.07. The molecule has 4 rings (SSSR count). The lowest BCUT2D eigenvalue weighted by Gasteiger charge is -2.40. The molecule has 0 aliphatic carbocycles. The summed E-state index contributed by atoms with van der Waals surface area (Å²) >= 11 is 6.89. The number of pyridine rings is 1. The first kappa shape index (κ1) is 23.7. The molecule has 1 saturated heterocycles. The van der Waals surface area contributed by atoms with Gasteiger partial charge in [-0.2, -0.15) is 0 Å². The van der Waals surface area contributed by atoms with Crippen molar-refractivity contribution in [1.82, 2.24) is 9.88 Å². The molecule has 0 spiro atoms. The number of aliphatic imine (C=N–C) groups is 1. The van der Waals surface area contributed by atoms with Crippen LogP contribution in [-0.2, 0) is 26.9 Å². The van der Waals surface area contributed by atoms with Gasteiger partial charge in [-0.25, -0.2) is 4.99 Å². The molecular formula is C26H33ClN4O2. The first-order valence-corrected chi connectivity index (χ1v) is 11.9. The molecule has 33 heavy (non-hydrogen) atoms. The van der Waals surface area contributed by atoms with E-state index in [2.05, 4.69) is 37.9 Å². The van der Waals surface area contributed by atoms with Crippen molar-refractivity contribution in [2.24, 2.45) is 10.7 Å². The van der Waals surface area contributed by atoms with Gasteiger partial charge in [-0.05, 0) is 42.5 Å². The van der Waals surface area contributed by atoms with Gasteiger partial charge in [0.2, 0.25) is 5.91 Å². The number of ether oxygens (including phenoxy) is 1. The fraction of sp³-hybridized carbons (Fsp3) is 0.500. The van der Waals surface area contributed by atoms with Gasteiger partial charge in [-0.15, -0.1) is 0 Å². The van der Waals surface area contributed by atoms with Gasteiger partial charge in [0.25, 0.3) is 0 Å². The van der Waals surface area contributed by atoms with Gasteiger partial charge in [0, 0.05) is 48.0 Å². The Kier molecular flexibility index (Phi) is 6.52. The molecular weight excluding hydrogens is 436 g/mol. The van der Waals surface area contributed by atoms with Crippen molar-refractivity contribution in [3.05, 3.63) is 63.9 Å². The average molecular weight is 469 g/mol. The Labute approximate surface area is 201 Å². The molecule has 2 aliphatic rings.